The third kappa shape index (κ3) is 3.25. The molecule has 4 rings (SSSR count). The summed E-state index contributed by atoms with van der Waals surface area (Å²) >= 11 is 0. The molecule has 0 spiro atoms. The van der Waals surface area contributed by atoms with Gasteiger partial charge in [-0.25, -0.2) is 0 Å². The van der Waals surface area contributed by atoms with Gasteiger partial charge in [0.25, 0.3) is 0 Å². The van der Waals surface area contributed by atoms with Crippen molar-refractivity contribution in [3.8, 4) is 0 Å². The van der Waals surface area contributed by atoms with Gasteiger partial charge >= 0.3 is 0 Å². The first-order valence-corrected chi connectivity index (χ1v) is 9.15. The minimum Gasteiger partial charge on any atom is -0.343 e. The van der Waals surface area contributed by atoms with Crippen molar-refractivity contribution in [1.82, 2.24) is 9.88 Å². The molecule has 1 N–H and O–H groups in total. The van der Waals surface area contributed by atoms with Gasteiger partial charge in [0.15, 0.2) is 0 Å². The number of aryl methyl sites for hydroxylation is 1. The largest absolute Gasteiger partial charge is 0.343 e. The van der Waals surface area contributed by atoms with Crippen LogP contribution in [0.3, 0.4) is 0 Å². The summed E-state index contributed by atoms with van der Waals surface area (Å²) in [5.74, 6) is 0. The lowest BCUT2D eigenvalue weighted by molar-refractivity contribution is 0.525. The highest BCUT2D eigenvalue weighted by molar-refractivity contribution is 5.84. The second-order valence-corrected chi connectivity index (χ2v) is 7.15. The predicted molar refractivity (Wildman–Crippen MR) is 101 cm³/mol. The molecule has 0 radical (unpaired) electrons. The van der Waals surface area contributed by atoms with Crippen LogP contribution in [0.1, 0.15) is 42.4 Å². The van der Waals surface area contributed by atoms with Crippen LogP contribution in [0.25, 0.3) is 10.9 Å². The maximum atomic E-state index is 3.76. The molecule has 1 fully saturated rings. The summed E-state index contributed by atoms with van der Waals surface area (Å²) in [5.41, 5.74) is 5.43. The van der Waals surface area contributed by atoms with E-state index in [-0.39, 0.29) is 0 Å². The van der Waals surface area contributed by atoms with Crippen molar-refractivity contribution >= 4 is 10.9 Å². The van der Waals surface area contributed by atoms with Crippen molar-refractivity contribution < 1.29 is 0 Å². The van der Waals surface area contributed by atoms with Crippen molar-refractivity contribution in [3.05, 3.63) is 71.4 Å². The highest BCUT2D eigenvalue weighted by atomic mass is 15.0. The molecule has 0 unspecified atom stereocenters. The molecule has 0 atom stereocenters. The van der Waals surface area contributed by atoms with E-state index in [2.05, 4.69) is 71.5 Å². The van der Waals surface area contributed by atoms with Crippen LogP contribution in [0.5, 0.6) is 0 Å². The maximum absolute atomic E-state index is 3.76. The van der Waals surface area contributed by atoms with Gasteiger partial charge in [-0.3, -0.25) is 0 Å². The Morgan fingerprint density at radius 1 is 1.00 bits per heavy atom. The molecule has 1 aromatic heterocycles. The molecule has 2 nitrogen and oxygen atoms in total. The van der Waals surface area contributed by atoms with Crippen LogP contribution in [-0.2, 0) is 13.1 Å². The van der Waals surface area contributed by atoms with E-state index in [0.29, 0.717) is 6.04 Å². The number of rotatable bonds is 5. The molecule has 124 valence electrons. The number of nitrogens with zero attached hydrogens (tertiary/aromatic N) is 1. The molecular formula is C22H26N2. The Morgan fingerprint density at radius 3 is 2.54 bits per heavy atom. The summed E-state index contributed by atoms with van der Waals surface area (Å²) in [6.07, 6.45) is 7.77. The van der Waals surface area contributed by atoms with Gasteiger partial charge in [0.2, 0.25) is 0 Å². The Morgan fingerprint density at radius 2 is 1.75 bits per heavy atom. The summed E-state index contributed by atoms with van der Waals surface area (Å²) in [4.78, 5) is 0. The minimum absolute atomic E-state index is 0.712. The summed E-state index contributed by atoms with van der Waals surface area (Å²) in [7, 11) is 0. The summed E-state index contributed by atoms with van der Waals surface area (Å²) < 4.78 is 2.39. The standard InChI is InChI=1S/C22H26N2/c1-17-10-12-18(13-11-17)15-24-16-19(14-23-20-6-2-3-7-20)21-8-4-5-9-22(21)24/h4-5,8-13,16,20,23H,2-3,6-7,14-15H2,1H3. The Hall–Kier alpha value is -2.06. The summed E-state index contributed by atoms with van der Waals surface area (Å²) in [6, 6.07) is 18.4. The molecule has 24 heavy (non-hydrogen) atoms. The smallest absolute Gasteiger partial charge is 0.0486 e. The highest BCUT2D eigenvalue weighted by Crippen LogP contribution is 2.24. The summed E-state index contributed by atoms with van der Waals surface area (Å²) in [5, 5.41) is 5.15. The molecule has 2 aromatic carbocycles. The van der Waals surface area contributed by atoms with Gasteiger partial charge in [-0.1, -0.05) is 60.9 Å². The first kappa shape index (κ1) is 15.5. The molecule has 0 saturated heterocycles. The highest BCUT2D eigenvalue weighted by Gasteiger charge is 2.15. The Kier molecular flexibility index (Phi) is 4.40. The maximum Gasteiger partial charge on any atom is 0.0486 e. The van der Waals surface area contributed by atoms with Crippen LogP contribution in [0, 0.1) is 6.92 Å². The van der Waals surface area contributed by atoms with E-state index >= 15 is 0 Å². The number of hydrogen-bond acceptors (Lipinski definition) is 1. The number of hydrogen-bond donors (Lipinski definition) is 1. The lowest BCUT2D eigenvalue weighted by Gasteiger charge is -2.10. The second-order valence-electron chi connectivity index (χ2n) is 7.15. The van der Waals surface area contributed by atoms with Crippen LogP contribution in [0.4, 0.5) is 0 Å². The van der Waals surface area contributed by atoms with Crippen molar-refractivity contribution in [3.63, 3.8) is 0 Å². The van der Waals surface area contributed by atoms with E-state index in [4.69, 9.17) is 0 Å². The average Bonchev–Trinajstić information content (AvgIpc) is 3.24. The van der Waals surface area contributed by atoms with E-state index in [9.17, 15) is 0 Å². The quantitative estimate of drug-likeness (QED) is 0.698. The fraction of sp³-hybridized carbons (Fsp3) is 0.364. The average molecular weight is 318 g/mol. The normalized spacial score (nSPS) is 15.4. The molecule has 1 saturated carbocycles. The first-order valence-electron chi connectivity index (χ1n) is 9.15. The molecular weight excluding hydrogens is 292 g/mol. The molecule has 1 aliphatic carbocycles. The van der Waals surface area contributed by atoms with E-state index < -0.39 is 0 Å². The van der Waals surface area contributed by atoms with Crippen LogP contribution >= 0.6 is 0 Å². The number of aromatic nitrogens is 1. The van der Waals surface area contributed by atoms with Gasteiger partial charge in [-0.2, -0.15) is 0 Å². The number of fused-ring (bicyclic) bond motifs is 1. The van der Waals surface area contributed by atoms with E-state index in [1.807, 2.05) is 0 Å². The minimum atomic E-state index is 0.712. The van der Waals surface area contributed by atoms with E-state index in [1.54, 1.807) is 0 Å². The van der Waals surface area contributed by atoms with Crippen molar-refractivity contribution in [2.75, 3.05) is 0 Å². The van der Waals surface area contributed by atoms with E-state index in [1.165, 1.54) is 53.3 Å². The zero-order chi connectivity index (χ0) is 16.4. The lowest BCUT2D eigenvalue weighted by Crippen LogP contribution is -2.25. The fourth-order valence-electron chi connectivity index (χ4n) is 3.87. The monoisotopic (exact) mass is 318 g/mol. The summed E-state index contributed by atoms with van der Waals surface area (Å²) in [6.45, 7) is 4.05. The molecule has 0 aliphatic heterocycles. The Bertz CT molecular complexity index is 808. The zero-order valence-electron chi connectivity index (χ0n) is 14.5. The number of nitrogens with one attached hydrogen (secondary N) is 1. The van der Waals surface area contributed by atoms with Crippen molar-refractivity contribution in [1.29, 1.82) is 0 Å². The van der Waals surface area contributed by atoms with Gasteiger partial charge in [0.05, 0.1) is 0 Å². The molecule has 0 bridgehead atoms. The van der Waals surface area contributed by atoms with Crippen molar-refractivity contribution in [2.45, 2.75) is 51.7 Å². The Labute approximate surface area is 144 Å². The van der Waals surface area contributed by atoms with Gasteiger partial charge < -0.3 is 9.88 Å². The molecule has 1 aliphatic rings. The Balaban J connectivity index is 1.59. The molecule has 3 aromatic rings. The van der Waals surface area contributed by atoms with Crippen LogP contribution in [-0.4, -0.2) is 10.6 Å². The topological polar surface area (TPSA) is 17.0 Å². The third-order valence-corrected chi connectivity index (χ3v) is 5.28. The van der Waals surface area contributed by atoms with Gasteiger partial charge in [-0.05, 0) is 37.0 Å². The fourth-order valence-corrected chi connectivity index (χ4v) is 3.87. The SMILES string of the molecule is Cc1ccc(Cn2cc(CNC3CCCC3)c3ccccc32)cc1. The van der Waals surface area contributed by atoms with Gasteiger partial charge in [0.1, 0.15) is 0 Å². The predicted octanol–water partition coefficient (Wildman–Crippen LogP) is 5.03. The van der Waals surface area contributed by atoms with Crippen molar-refractivity contribution in [2.24, 2.45) is 0 Å². The van der Waals surface area contributed by atoms with Gasteiger partial charge in [0, 0.05) is 36.2 Å². The zero-order valence-corrected chi connectivity index (χ0v) is 14.5. The number of para-hydroxylation sites is 1. The van der Waals surface area contributed by atoms with Crippen LogP contribution in [0.2, 0.25) is 0 Å². The molecule has 2 heteroatoms. The van der Waals surface area contributed by atoms with E-state index in [0.717, 1.165) is 13.1 Å². The number of benzene rings is 2. The molecule has 0 amide bonds. The van der Waals surface area contributed by atoms with Crippen LogP contribution in [0.15, 0.2) is 54.7 Å². The third-order valence-electron chi connectivity index (χ3n) is 5.28. The molecule has 1 heterocycles. The second kappa shape index (κ2) is 6.82. The van der Waals surface area contributed by atoms with Crippen LogP contribution < -0.4 is 5.32 Å². The lowest BCUT2D eigenvalue weighted by atomic mass is 10.1. The first-order chi connectivity index (χ1) is 11.8. The van der Waals surface area contributed by atoms with Gasteiger partial charge in [-0.15, -0.1) is 0 Å².